The van der Waals surface area contributed by atoms with Crippen molar-refractivity contribution < 1.29 is 14.3 Å². The summed E-state index contributed by atoms with van der Waals surface area (Å²) in [6.45, 7) is 3.47. The van der Waals surface area contributed by atoms with Crippen molar-refractivity contribution in [3.8, 4) is 17.2 Å². The first kappa shape index (κ1) is 23.6. The minimum Gasteiger partial charge on any atom is -0.508 e. The van der Waals surface area contributed by atoms with Crippen molar-refractivity contribution in [3.63, 3.8) is 0 Å². The summed E-state index contributed by atoms with van der Waals surface area (Å²) in [5, 5.41) is 21.3. The van der Waals surface area contributed by atoms with Crippen LogP contribution in [0.3, 0.4) is 0 Å². The number of para-hydroxylation sites is 1. The number of aromatic hydroxyl groups is 1. The molecule has 0 aliphatic heterocycles. The molecular formula is C23H29N5O3S. The standard InChI is InChI=1S/C23H29N5O3S/c1-5-32-20(18-8-6-7-9-19(18)29)22-26-25-21(31-22)16-10-12-17(13-11-16)24-23(30)28(4)15-14-27(2)3/h6-13,20,29H,5,14-15H2,1-4H3,(H,24,30). The van der Waals surface area contributed by atoms with Crippen LogP contribution < -0.4 is 5.32 Å². The zero-order valence-corrected chi connectivity index (χ0v) is 19.6. The number of nitrogens with one attached hydrogen (secondary N) is 1. The van der Waals surface area contributed by atoms with E-state index in [1.165, 1.54) is 0 Å². The highest BCUT2D eigenvalue weighted by molar-refractivity contribution is 7.99. The lowest BCUT2D eigenvalue weighted by atomic mass is 10.1. The molecule has 1 atom stereocenters. The number of anilines is 1. The molecule has 2 N–H and O–H groups in total. The van der Waals surface area contributed by atoms with Crippen molar-refractivity contribution in [2.45, 2.75) is 12.2 Å². The second kappa shape index (κ2) is 11.0. The van der Waals surface area contributed by atoms with Gasteiger partial charge in [0.25, 0.3) is 0 Å². The summed E-state index contributed by atoms with van der Waals surface area (Å²) < 4.78 is 5.95. The van der Waals surface area contributed by atoms with E-state index in [2.05, 4.69) is 15.5 Å². The zero-order chi connectivity index (χ0) is 23.1. The minimum absolute atomic E-state index is 0.165. The molecule has 0 radical (unpaired) electrons. The second-order valence-electron chi connectivity index (χ2n) is 7.57. The Labute approximate surface area is 192 Å². The molecule has 3 aromatic rings. The number of phenolic OH excluding ortho intramolecular Hbond substituents is 1. The zero-order valence-electron chi connectivity index (χ0n) is 18.8. The Morgan fingerprint density at radius 1 is 1.09 bits per heavy atom. The fourth-order valence-electron chi connectivity index (χ4n) is 2.99. The first-order valence-corrected chi connectivity index (χ1v) is 11.4. The summed E-state index contributed by atoms with van der Waals surface area (Å²) in [5.41, 5.74) is 2.18. The Morgan fingerprint density at radius 2 is 1.81 bits per heavy atom. The summed E-state index contributed by atoms with van der Waals surface area (Å²) in [6.07, 6.45) is 0. The van der Waals surface area contributed by atoms with Gasteiger partial charge in [-0.1, -0.05) is 25.1 Å². The van der Waals surface area contributed by atoms with Crippen LogP contribution in [0.15, 0.2) is 52.9 Å². The maximum atomic E-state index is 12.3. The monoisotopic (exact) mass is 455 g/mol. The summed E-state index contributed by atoms with van der Waals surface area (Å²) in [4.78, 5) is 16.0. The van der Waals surface area contributed by atoms with Crippen molar-refractivity contribution in [1.82, 2.24) is 20.0 Å². The number of nitrogens with zero attached hydrogens (tertiary/aromatic N) is 4. The van der Waals surface area contributed by atoms with Gasteiger partial charge in [0.2, 0.25) is 11.8 Å². The van der Waals surface area contributed by atoms with Crippen LogP contribution in [0.2, 0.25) is 0 Å². The van der Waals surface area contributed by atoms with Crippen molar-refractivity contribution in [2.75, 3.05) is 45.3 Å². The van der Waals surface area contributed by atoms with Crippen LogP contribution in [-0.4, -0.2) is 71.1 Å². The smallest absolute Gasteiger partial charge is 0.321 e. The Bertz CT molecular complexity index is 1020. The molecular weight excluding hydrogens is 426 g/mol. The molecule has 0 spiro atoms. The highest BCUT2D eigenvalue weighted by atomic mass is 32.2. The van der Waals surface area contributed by atoms with Gasteiger partial charge in [0.1, 0.15) is 11.0 Å². The molecule has 0 aliphatic rings. The Morgan fingerprint density at radius 3 is 2.47 bits per heavy atom. The minimum atomic E-state index is -0.251. The molecule has 2 amide bonds. The number of likely N-dealkylation sites (N-methyl/N-ethyl adjacent to an activating group) is 2. The van der Waals surface area contributed by atoms with Crippen LogP contribution in [0.4, 0.5) is 10.5 Å². The molecule has 2 aromatic carbocycles. The molecule has 0 aliphatic carbocycles. The number of rotatable bonds is 9. The number of carbonyl (C=O) groups is 1. The molecule has 1 heterocycles. The van der Waals surface area contributed by atoms with Gasteiger partial charge < -0.3 is 24.6 Å². The second-order valence-corrected chi connectivity index (χ2v) is 8.95. The van der Waals surface area contributed by atoms with Gasteiger partial charge in [-0.15, -0.1) is 22.0 Å². The summed E-state index contributed by atoms with van der Waals surface area (Å²) >= 11 is 1.61. The number of benzene rings is 2. The number of thioether (sulfide) groups is 1. The largest absolute Gasteiger partial charge is 0.508 e. The van der Waals surface area contributed by atoms with Crippen molar-refractivity contribution in [2.24, 2.45) is 0 Å². The summed E-state index contributed by atoms with van der Waals surface area (Å²) in [6, 6.07) is 14.3. The third kappa shape index (κ3) is 6.02. The molecule has 8 nitrogen and oxygen atoms in total. The van der Waals surface area contributed by atoms with Crippen molar-refractivity contribution >= 4 is 23.5 Å². The van der Waals surface area contributed by atoms with Crippen LogP contribution in [0.1, 0.15) is 23.6 Å². The van der Waals surface area contributed by atoms with Gasteiger partial charge in [-0.25, -0.2) is 4.79 Å². The maximum absolute atomic E-state index is 12.3. The molecule has 0 saturated heterocycles. The fourth-order valence-corrected chi connectivity index (χ4v) is 3.94. The van der Waals surface area contributed by atoms with Crippen molar-refractivity contribution in [1.29, 1.82) is 0 Å². The van der Waals surface area contributed by atoms with E-state index in [-0.39, 0.29) is 17.0 Å². The highest BCUT2D eigenvalue weighted by Gasteiger charge is 2.24. The lowest BCUT2D eigenvalue weighted by Crippen LogP contribution is -2.36. The van der Waals surface area contributed by atoms with Gasteiger partial charge in [-0.2, -0.15) is 0 Å². The number of aromatic nitrogens is 2. The Balaban J connectivity index is 1.71. The topological polar surface area (TPSA) is 94.7 Å². The van der Waals surface area contributed by atoms with Gasteiger partial charge in [0.05, 0.1) is 0 Å². The van der Waals surface area contributed by atoms with E-state index in [4.69, 9.17) is 4.42 Å². The highest BCUT2D eigenvalue weighted by Crippen LogP contribution is 2.39. The lowest BCUT2D eigenvalue weighted by Gasteiger charge is -2.20. The fraction of sp³-hybridized carbons (Fsp3) is 0.348. The molecule has 9 heteroatoms. The van der Waals surface area contributed by atoms with E-state index in [0.717, 1.165) is 23.4 Å². The first-order valence-electron chi connectivity index (χ1n) is 10.4. The van der Waals surface area contributed by atoms with Gasteiger partial charge in [-0.05, 0) is 50.2 Å². The molecule has 170 valence electrons. The quantitative estimate of drug-likeness (QED) is 0.496. The van der Waals surface area contributed by atoms with Crippen LogP contribution in [0.5, 0.6) is 5.75 Å². The number of carbonyl (C=O) groups excluding carboxylic acids is 1. The number of hydrogen-bond acceptors (Lipinski definition) is 7. The third-order valence-corrected chi connectivity index (χ3v) is 5.95. The average Bonchev–Trinajstić information content (AvgIpc) is 3.27. The van der Waals surface area contributed by atoms with E-state index < -0.39 is 0 Å². The van der Waals surface area contributed by atoms with Gasteiger partial charge in [-0.3, -0.25) is 0 Å². The third-order valence-electron chi connectivity index (χ3n) is 4.83. The predicted molar refractivity (Wildman–Crippen MR) is 128 cm³/mol. The molecule has 0 saturated carbocycles. The Kier molecular flexibility index (Phi) is 8.13. The molecule has 1 unspecified atom stereocenters. The van der Waals surface area contributed by atoms with Crippen LogP contribution >= 0.6 is 11.8 Å². The van der Waals surface area contributed by atoms with E-state index in [0.29, 0.717) is 24.0 Å². The first-order chi connectivity index (χ1) is 15.4. The number of hydrogen-bond donors (Lipinski definition) is 2. The van der Waals surface area contributed by atoms with Crippen LogP contribution in [-0.2, 0) is 0 Å². The molecule has 32 heavy (non-hydrogen) atoms. The van der Waals surface area contributed by atoms with E-state index in [9.17, 15) is 9.90 Å². The number of urea groups is 1. The average molecular weight is 456 g/mol. The number of amides is 2. The van der Waals surface area contributed by atoms with Crippen LogP contribution in [0.25, 0.3) is 11.5 Å². The van der Waals surface area contributed by atoms with E-state index >= 15 is 0 Å². The normalized spacial score (nSPS) is 12.0. The molecule has 1 aromatic heterocycles. The SMILES string of the molecule is CCSC(c1nnc(-c2ccc(NC(=O)N(C)CCN(C)C)cc2)o1)c1ccccc1O. The maximum Gasteiger partial charge on any atom is 0.321 e. The van der Waals surface area contributed by atoms with E-state index in [1.54, 1.807) is 48.0 Å². The summed E-state index contributed by atoms with van der Waals surface area (Å²) in [7, 11) is 5.71. The lowest BCUT2D eigenvalue weighted by molar-refractivity contribution is 0.217. The van der Waals surface area contributed by atoms with Crippen LogP contribution in [0, 0.1) is 0 Å². The van der Waals surface area contributed by atoms with Gasteiger partial charge >= 0.3 is 6.03 Å². The summed E-state index contributed by atoms with van der Waals surface area (Å²) in [5.74, 6) is 1.86. The molecule has 3 rings (SSSR count). The molecule has 0 fully saturated rings. The van der Waals surface area contributed by atoms with Gasteiger partial charge in [0, 0.05) is 37.0 Å². The van der Waals surface area contributed by atoms with Gasteiger partial charge in [0.15, 0.2) is 0 Å². The van der Waals surface area contributed by atoms with Crippen molar-refractivity contribution in [3.05, 3.63) is 60.0 Å². The predicted octanol–water partition coefficient (Wildman–Crippen LogP) is 4.31. The van der Waals surface area contributed by atoms with E-state index in [1.807, 2.05) is 50.2 Å². The number of phenols is 1. The molecule has 0 bridgehead atoms. The Hall–Kier alpha value is -3.04.